The van der Waals surface area contributed by atoms with Crippen molar-refractivity contribution < 1.29 is 38.5 Å². The van der Waals surface area contributed by atoms with Gasteiger partial charge in [0.2, 0.25) is 0 Å². The monoisotopic (exact) mass is 664 g/mol. The molecular weight excluding hydrogens is 642 g/mol. The van der Waals surface area contributed by atoms with E-state index in [1.807, 2.05) is 0 Å². The summed E-state index contributed by atoms with van der Waals surface area (Å²) in [5, 5.41) is -0.721. The minimum absolute atomic E-state index is 0.180. The molecular formula is C14H26Cl8O8P2. The van der Waals surface area contributed by atoms with Crippen LogP contribution in [0.15, 0.2) is 11.1 Å². The number of alkyl halides is 8. The summed E-state index contributed by atoms with van der Waals surface area (Å²) in [5.41, 5.74) is 2.21. The van der Waals surface area contributed by atoms with Crippen LogP contribution in [0.2, 0.25) is 0 Å². The predicted octanol–water partition coefficient (Wildman–Crippen LogP) is 5.37. The van der Waals surface area contributed by atoms with Gasteiger partial charge in [0.05, 0.1) is 21.5 Å². The summed E-state index contributed by atoms with van der Waals surface area (Å²) >= 11 is 48.2. The van der Waals surface area contributed by atoms with E-state index in [-0.39, 0.29) is 21.5 Å². The van der Waals surface area contributed by atoms with E-state index >= 15 is 0 Å². The molecule has 196 valence electrons. The van der Waals surface area contributed by atoms with E-state index in [2.05, 4.69) is 0 Å². The topological polar surface area (TPSA) is 156 Å². The molecule has 0 rings (SSSR count). The van der Waals surface area contributed by atoms with Gasteiger partial charge in [-0.1, -0.05) is 11.1 Å². The predicted molar refractivity (Wildman–Crippen MR) is 135 cm³/mol. The molecule has 4 unspecified atom stereocenters. The minimum atomic E-state index is -4.64. The molecule has 0 amide bonds. The fourth-order valence-electron chi connectivity index (χ4n) is 2.03. The first-order valence-electron chi connectivity index (χ1n) is 8.44. The highest BCUT2D eigenvalue weighted by atomic mass is 35.5. The standard InChI is InChI=1S/C14H20Cl8.2H3O4P/c15-5-11(19)1-9(2-12(20)6-16)10(3-13(21)7-17)4-14(22)8-18;2*1-5(2,3)4/h11-14H,1-8H2;2*(H3,1,2,3,4). The smallest absolute Gasteiger partial charge is 0.303 e. The van der Waals surface area contributed by atoms with Crippen LogP contribution < -0.4 is 0 Å². The number of allylic oxidation sites excluding steroid dienone is 2. The van der Waals surface area contributed by atoms with Gasteiger partial charge in [-0.2, -0.15) is 0 Å². The van der Waals surface area contributed by atoms with Gasteiger partial charge in [0.1, 0.15) is 0 Å². The van der Waals surface area contributed by atoms with Crippen molar-refractivity contribution in [2.75, 3.05) is 23.5 Å². The zero-order chi connectivity index (χ0) is 26.1. The first kappa shape index (κ1) is 38.8. The lowest BCUT2D eigenvalue weighted by Crippen LogP contribution is -2.15. The summed E-state index contributed by atoms with van der Waals surface area (Å²) in [6, 6.07) is 0. The van der Waals surface area contributed by atoms with Crippen LogP contribution in [0, 0.1) is 0 Å². The minimum Gasteiger partial charge on any atom is -0.303 e. The Morgan fingerprint density at radius 2 is 0.625 bits per heavy atom. The van der Waals surface area contributed by atoms with Crippen LogP contribution in [0.25, 0.3) is 0 Å². The number of hydrogen-bond donors (Lipinski definition) is 6. The largest absolute Gasteiger partial charge is 0.466 e. The summed E-state index contributed by atoms with van der Waals surface area (Å²) < 4.78 is 17.8. The lowest BCUT2D eigenvalue weighted by atomic mass is 9.92. The average molecular weight is 668 g/mol. The van der Waals surface area contributed by atoms with Gasteiger partial charge in [-0.05, 0) is 25.7 Å². The van der Waals surface area contributed by atoms with Crippen molar-refractivity contribution in [2.24, 2.45) is 0 Å². The summed E-state index contributed by atoms with van der Waals surface area (Å²) in [5.74, 6) is 1.41. The third kappa shape index (κ3) is 34.4. The normalized spacial score (nSPS) is 15.3. The zero-order valence-electron chi connectivity index (χ0n) is 16.4. The van der Waals surface area contributed by atoms with Crippen LogP contribution in [0.4, 0.5) is 0 Å². The van der Waals surface area contributed by atoms with Gasteiger partial charge in [-0.25, -0.2) is 9.13 Å². The van der Waals surface area contributed by atoms with Crippen molar-refractivity contribution in [3.8, 4) is 0 Å². The van der Waals surface area contributed by atoms with Crippen LogP contribution in [-0.4, -0.2) is 74.4 Å². The second-order valence-electron chi connectivity index (χ2n) is 6.06. The van der Waals surface area contributed by atoms with Gasteiger partial charge < -0.3 is 29.4 Å². The Bertz CT molecular complexity index is 509. The fraction of sp³-hybridized carbons (Fsp3) is 0.857. The zero-order valence-corrected chi connectivity index (χ0v) is 24.2. The molecule has 32 heavy (non-hydrogen) atoms. The Morgan fingerprint density at radius 1 is 0.500 bits per heavy atom. The molecule has 0 aromatic carbocycles. The molecule has 0 aliphatic rings. The first-order chi connectivity index (χ1) is 14.4. The Hall–Kier alpha value is 2.28. The van der Waals surface area contributed by atoms with Crippen LogP contribution in [0.3, 0.4) is 0 Å². The van der Waals surface area contributed by atoms with Gasteiger partial charge in [-0.15, -0.1) is 92.8 Å². The Balaban J connectivity index is -0.000000695. The summed E-state index contributed by atoms with van der Waals surface area (Å²) in [6.45, 7) is 0. The Labute approximate surface area is 227 Å². The summed E-state index contributed by atoms with van der Waals surface area (Å²) in [7, 11) is -9.28. The quantitative estimate of drug-likeness (QED) is 0.0922. The van der Waals surface area contributed by atoms with Crippen molar-refractivity contribution in [2.45, 2.75) is 47.2 Å². The van der Waals surface area contributed by atoms with Gasteiger partial charge in [0.25, 0.3) is 0 Å². The van der Waals surface area contributed by atoms with Crippen molar-refractivity contribution in [1.82, 2.24) is 0 Å². The summed E-state index contributed by atoms with van der Waals surface area (Å²) in [6.07, 6.45) is 2.49. The third-order valence-electron chi connectivity index (χ3n) is 3.04. The van der Waals surface area contributed by atoms with E-state index in [1.165, 1.54) is 0 Å². The van der Waals surface area contributed by atoms with Crippen molar-refractivity contribution in [3.05, 3.63) is 11.1 Å². The third-order valence-corrected chi connectivity index (χ3v) is 6.40. The lowest BCUT2D eigenvalue weighted by molar-refractivity contribution is 0.272. The molecule has 0 aromatic rings. The highest BCUT2D eigenvalue weighted by molar-refractivity contribution is 7.45. The number of halogens is 8. The second-order valence-corrected chi connectivity index (χ2v) is 11.8. The van der Waals surface area contributed by atoms with Gasteiger partial charge in [-0.3, -0.25) is 0 Å². The molecule has 0 fully saturated rings. The van der Waals surface area contributed by atoms with Crippen molar-refractivity contribution in [1.29, 1.82) is 0 Å². The van der Waals surface area contributed by atoms with E-state index in [0.717, 1.165) is 11.1 Å². The Morgan fingerprint density at radius 3 is 0.719 bits per heavy atom. The van der Waals surface area contributed by atoms with E-state index in [9.17, 15) is 0 Å². The van der Waals surface area contributed by atoms with Crippen LogP contribution in [0.5, 0.6) is 0 Å². The molecule has 6 N–H and O–H groups in total. The molecule has 18 heteroatoms. The van der Waals surface area contributed by atoms with Crippen molar-refractivity contribution >= 4 is 108 Å². The molecule has 8 nitrogen and oxygen atoms in total. The second kappa shape index (κ2) is 21.4. The number of hydrogen-bond acceptors (Lipinski definition) is 2. The molecule has 0 aliphatic carbocycles. The maximum Gasteiger partial charge on any atom is 0.466 e. The van der Waals surface area contributed by atoms with Crippen LogP contribution in [-0.2, 0) is 9.13 Å². The SMILES string of the molecule is ClCC(Cl)CC(CC(Cl)CCl)=C(CC(Cl)CCl)CC(Cl)CCl.O=P(O)(O)O.O=P(O)(O)O. The van der Waals surface area contributed by atoms with Crippen LogP contribution in [0.1, 0.15) is 25.7 Å². The van der Waals surface area contributed by atoms with Gasteiger partial charge >= 0.3 is 15.6 Å². The molecule has 0 spiro atoms. The average Bonchev–Trinajstić information content (AvgIpc) is 2.63. The first-order valence-corrected chi connectivity index (χ1v) is 15.5. The van der Waals surface area contributed by atoms with Crippen molar-refractivity contribution in [3.63, 3.8) is 0 Å². The lowest BCUT2D eigenvalue weighted by Gasteiger charge is -2.22. The van der Waals surface area contributed by atoms with E-state index in [0.29, 0.717) is 49.2 Å². The fourth-order valence-corrected chi connectivity index (χ4v) is 3.21. The summed E-state index contributed by atoms with van der Waals surface area (Å²) in [4.78, 5) is 43.1. The maximum absolute atomic E-state index is 8.88. The molecule has 0 aromatic heterocycles. The molecule has 0 saturated carbocycles. The van der Waals surface area contributed by atoms with E-state index in [1.54, 1.807) is 0 Å². The number of phosphoric acid groups is 2. The molecule has 0 radical (unpaired) electrons. The van der Waals surface area contributed by atoms with E-state index in [4.69, 9.17) is 131 Å². The van der Waals surface area contributed by atoms with Gasteiger partial charge in [0.15, 0.2) is 0 Å². The molecule has 4 atom stereocenters. The highest BCUT2D eigenvalue weighted by Crippen LogP contribution is 2.31. The highest BCUT2D eigenvalue weighted by Gasteiger charge is 2.20. The van der Waals surface area contributed by atoms with Gasteiger partial charge in [0, 0.05) is 23.5 Å². The molecule has 0 saturated heterocycles. The maximum atomic E-state index is 8.88. The molecule has 0 aliphatic heterocycles. The molecule has 0 heterocycles. The van der Waals surface area contributed by atoms with E-state index < -0.39 is 15.6 Å². The Kier molecular flexibility index (Phi) is 25.9. The number of rotatable bonds is 12. The molecule has 0 bridgehead atoms. The van der Waals surface area contributed by atoms with Crippen LogP contribution >= 0.6 is 108 Å².